The van der Waals surface area contributed by atoms with Crippen LogP contribution in [0.2, 0.25) is 5.02 Å². The SMILES string of the molecule is O=C(COc1ccccc1Cl)NC(=S)N1CCOCC1. The molecular formula is C13H15ClN2O3S. The third-order valence-electron chi connectivity index (χ3n) is 2.74. The van der Waals surface area contributed by atoms with Crippen LogP contribution in [0, 0.1) is 0 Å². The summed E-state index contributed by atoms with van der Waals surface area (Å²) < 4.78 is 10.6. The number of carbonyl (C=O) groups is 1. The Kier molecular flexibility index (Phi) is 5.58. The van der Waals surface area contributed by atoms with Gasteiger partial charge >= 0.3 is 0 Å². The summed E-state index contributed by atoms with van der Waals surface area (Å²) in [5.74, 6) is 0.169. The highest BCUT2D eigenvalue weighted by molar-refractivity contribution is 7.80. The number of nitrogens with zero attached hydrogens (tertiary/aromatic N) is 1. The number of nitrogens with one attached hydrogen (secondary N) is 1. The highest BCUT2D eigenvalue weighted by atomic mass is 35.5. The van der Waals surface area contributed by atoms with Crippen LogP contribution in [0.25, 0.3) is 0 Å². The fourth-order valence-corrected chi connectivity index (χ4v) is 2.19. The number of hydrogen-bond donors (Lipinski definition) is 1. The maximum absolute atomic E-state index is 11.8. The standard InChI is InChI=1S/C13H15ClN2O3S/c14-10-3-1-2-4-11(10)19-9-12(17)15-13(20)16-5-7-18-8-6-16/h1-4H,5-9H2,(H,15,17,20). The predicted molar refractivity (Wildman–Crippen MR) is 80.1 cm³/mol. The Labute approximate surface area is 127 Å². The van der Waals surface area contributed by atoms with Crippen molar-refractivity contribution in [3.8, 4) is 5.75 Å². The smallest absolute Gasteiger partial charge is 0.264 e. The van der Waals surface area contributed by atoms with E-state index < -0.39 is 0 Å². The van der Waals surface area contributed by atoms with Gasteiger partial charge < -0.3 is 19.7 Å². The van der Waals surface area contributed by atoms with Crippen LogP contribution in [0.3, 0.4) is 0 Å². The van der Waals surface area contributed by atoms with E-state index >= 15 is 0 Å². The molecule has 1 fully saturated rings. The lowest BCUT2D eigenvalue weighted by Gasteiger charge is -2.28. The van der Waals surface area contributed by atoms with E-state index in [-0.39, 0.29) is 12.5 Å². The number of morpholine rings is 1. The molecule has 1 N–H and O–H groups in total. The first kappa shape index (κ1) is 15.0. The molecule has 1 aromatic carbocycles. The van der Waals surface area contributed by atoms with Gasteiger partial charge in [0.2, 0.25) is 0 Å². The quantitative estimate of drug-likeness (QED) is 0.856. The molecule has 1 aliphatic heterocycles. The summed E-state index contributed by atoms with van der Waals surface area (Å²) in [6.45, 7) is 2.47. The van der Waals surface area contributed by atoms with Crippen molar-refractivity contribution in [1.82, 2.24) is 10.2 Å². The Bertz CT molecular complexity index is 492. The second kappa shape index (κ2) is 7.42. The third-order valence-corrected chi connectivity index (χ3v) is 3.41. The van der Waals surface area contributed by atoms with Crippen molar-refractivity contribution < 1.29 is 14.3 Å². The highest BCUT2D eigenvalue weighted by Gasteiger charge is 2.16. The van der Waals surface area contributed by atoms with Crippen LogP contribution in [0.15, 0.2) is 24.3 Å². The van der Waals surface area contributed by atoms with Crippen molar-refractivity contribution in [3.63, 3.8) is 0 Å². The summed E-state index contributed by atoms with van der Waals surface area (Å²) in [6, 6.07) is 6.99. The van der Waals surface area contributed by atoms with Crippen LogP contribution in [0.4, 0.5) is 0 Å². The van der Waals surface area contributed by atoms with Crippen LogP contribution in [0.5, 0.6) is 5.75 Å². The Morgan fingerprint density at radius 3 is 2.80 bits per heavy atom. The zero-order valence-electron chi connectivity index (χ0n) is 10.8. The number of halogens is 1. The lowest BCUT2D eigenvalue weighted by atomic mass is 10.3. The minimum Gasteiger partial charge on any atom is -0.482 e. The van der Waals surface area contributed by atoms with Gasteiger partial charge in [-0.2, -0.15) is 0 Å². The van der Waals surface area contributed by atoms with Crippen LogP contribution in [-0.2, 0) is 9.53 Å². The van der Waals surface area contributed by atoms with Crippen molar-refractivity contribution in [1.29, 1.82) is 0 Å². The number of hydrogen-bond acceptors (Lipinski definition) is 4. The molecule has 108 valence electrons. The molecule has 0 atom stereocenters. The van der Waals surface area contributed by atoms with Gasteiger partial charge in [0.25, 0.3) is 5.91 Å². The van der Waals surface area contributed by atoms with E-state index in [9.17, 15) is 4.79 Å². The largest absolute Gasteiger partial charge is 0.482 e. The van der Waals surface area contributed by atoms with E-state index in [1.54, 1.807) is 24.3 Å². The van der Waals surface area contributed by atoms with E-state index in [2.05, 4.69) is 5.32 Å². The van der Waals surface area contributed by atoms with Crippen LogP contribution < -0.4 is 10.1 Å². The number of carbonyl (C=O) groups excluding carboxylic acids is 1. The molecule has 1 aromatic rings. The van der Waals surface area contributed by atoms with Gasteiger partial charge in [0.05, 0.1) is 18.2 Å². The number of benzene rings is 1. The molecule has 1 aliphatic rings. The summed E-state index contributed by atoms with van der Waals surface area (Å²) >= 11 is 11.1. The maximum atomic E-state index is 11.8. The minimum atomic E-state index is -0.304. The Morgan fingerprint density at radius 1 is 1.40 bits per heavy atom. The fraction of sp³-hybridized carbons (Fsp3) is 0.385. The van der Waals surface area contributed by atoms with Gasteiger partial charge in [0.15, 0.2) is 11.7 Å². The molecule has 1 saturated heterocycles. The summed E-state index contributed by atoms with van der Waals surface area (Å²) in [4.78, 5) is 13.7. The molecule has 0 aromatic heterocycles. The van der Waals surface area contributed by atoms with Crippen LogP contribution in [0.1, 0.15) is 0 Å². The predicted octanol–water partition coefficient (Wildman–Crippen LogP) is 1.45. The molecule has 0 bridgehead atoms. The first-order valence-electron chi connectivity index (χ1n) is 6.20. The third kappa shape index (κ3) is 4.33. The van der Waals surface area contributed by atoms with Gasteiger partial charge in [-0.3, -0.25) is 4.79 Å². The molecule has 0 unspecified atom stereocenters. The summed E-state index contributed by atoms with van der Waals surface area (Å²) in [5.41, 5.74) is 0. The van der Waals surface area contributed by atoms with Crippen molar-refractivity contribution in [2.75, 3.05) is 32.9 Å². The van der Waals surface area contributed by atoms with E-state index in [1.807, 2.05) is 4.90 Å². The number of amides is 1. The summed E-state index contributed by atoms with van der Waals surface area (Å²) in [5, 5.41) is 3.51. The molecular weight excluding hydrogens is 300 g/mol. The topological polar surface area (TPSA) is 50.8 Å². The normalized spacial score (nSPS) is 14.8. The van der Waals surface area contributed by atoms with Gasteiger partial charge in [0, 0.05) is 13.1 Å². The average Bonchev–Trinajstić information content (AvgIpc) is 2.47. The first-order valence-corrected chi connectivity index (χ1v) is 6.99. The Morgan fingerprint density at radius 2 is 2.10 bits per heavy atom. The van der Waals surface area contributed by atoms with Crippen molar-refractivity contribution in [2.24, 2.45) is 0 Å². The summed E-state index contributed by atoms with van der Waals surface area (Å²) in [7, 11) is 0. The van der Waals surface area contributed by atoms with Crippen molar-refractivity contribution in [3.05, 3.63) is 29.3 Å². The molecule has 5 nitrogen and oxygen atoms in total. The average molecular weight is 315 g/mol. The van der Waals surface area contributed by atoms with E-state index in [4.69, 9.17) is 33.3 Å². The van der Waals surface area contributed by atoms with Crippen LogP contribution >= 0.6 is 23.8 Å². The molecule has 7 heteroatoms. The molecule has 0 radical (unpaired) electrons. The fourth-order valence-electron chi connectivity index (χ4n) is 1.71. The molecule has 1 heterocycles. The van der Waals surface area contributed by atoms with Gasteiger partial charge in [-0.05, 0) is 24.4 Å². The lowest BCUT2D eigenvalue weighted by Crippen LogP contribution is -2.48. The van der Waals surface area contributed by atoms with Gasteiger partial charge in [0.1, 0.15) is 5.75 Å². The number of thiocarbonyl (C=S) groups is 1. The Hall–Kier alpha value is -1.37. The van der Waals surface area contributed by atoms with E-state index in [0.717, 1.165) is 0 Å². The molecule has 2 rings (SSSR count). The molecule has 0 saturated carbocycles. The lowest BCUT2D eigenvalue weighted by molar-refractivity contribution is -0.121. The van der Waals surface area contributed by atoms with Gasteiger partial charge in [-0.15, -0.1) is 0 Å². The van der Waals surface area contributed by atoms with Gasteiger partial charge in [-0.25, -0.2) is 0 Å². The zero-order chi connectivity index (χ0) is 14.4. The zero-order valence-corrected chi connectivity index (χ0v) is 12.4. The monoisotopic (exact) mass is 314 g/mol. The van der Waals surface area contributed by atoms with Gasteiger partial charge in [-0.1, -0.05) is 23.7 Å². The van der Waals surface area contributed by atoms with Crippen LogP contribution in [-0.4, -0.2) is 48.8 Å². The second-order valence-electron chi connectivity index (χ2n) is 4.17. The number of ether oxygens (including phenoxy) is 2. The maximum Gasteiger partial charge on any atom is 0.264 e. The number of rotatable bonds is 3. The Balaban J connectivity index is 1.77. The second-order valence-corrected chi connectivity index (χ2v) is 4.97. The van der Waals surface area contributed by atoms with E-state index in [0.29, 0.717) is 42.2 Å². The van der Waals surface area contributed by atoms with E-state index in [1.165, 1.54) is 0 Å². The first-order chi connectivity index (χ1) is 9.66. The molecule has 1 amide bonds. The highest BCUT2D eigenvalue weighted by Crippen LogP contribution is 2.22. The molecule has 0 spiro atoms. The van der Waals surface area contributed by atoms with Crippen molar-refractivity contribution >= 4 is 34.8 Å². The molecule has 0 aliphatic carbocycles. The molecule has 20 heavy (non-hydrogen) atoms. The summed E-state index contributed by atoms with van der Waals surface area (Å²) in [6.07, 6.45) is 0. The minimum absolute atomic E-state index is 0.131. The van der Waals surface area contributed by atoms with Crippen molar-refractivity contribution in [2.45, 2.75) is 0 Å². The number of para-hydroxylation sites is 1.